The van der Waals surface area contributed by atoms with Crippen molar-refractivity contribution >= 4 is 11.8 Å². The van der Waals surface area contributed by atoms with Crippen LogP contribution in [-0.2, 0) is 5.41 Å². The minimum absolute atomic E-state index is 0.392. The van der Waals surface area contributed by atoms with Gasteiger partial charge in [-0.05, 0) is 74.8 Å². The summed E-state index contributed by atoms with van der Waals surface area (Å²) in [6.45, 7) is 0. The Labute approximate surface area is 295 Å². The fraction of sp³-hybridized carbons (Fsp3) is 0.0217. The molecule has 4 heteroatoms. The quantitative estimate of drug-likeness (QED) is 0.189. The van der Waals surface area contributed by atoms with Crippen molar-refractivity contribution < 1.29 is 0 Å². The molecule has 10 rings (SSSR count). The lowest BCUT2D eigenvalue weighted by Gasteiger charge is -2.39. The van der Waals surface area contributed by atoms with Crippen LogP contribution in [0.3, 0.4) is 0 Å². The number of hydrogen-bond acceptors (Lipinski definition) is 4. The maximum atomic E-state index is 5.17. The van der Waals surface area contributed by atoms with Crippen LogP contribution in [0.2, 0.25) is 0 Å². The highest BCUT2D eigenvalue weighted by molar-refractivity contribution is 7.99. The molecule has 0 saturated carbocycles. The van der Waals surface area contributed by atoms with Gasteiger partial charge in [-0.1, -0.05) is 151 Å². The van der Waals surface area contributed by atoms with Gasteiger partial charge >= 0.3 is 0 Å². The van der Waals surface area contributed by atoms with Gasteiger partial charge in [0.05, 0.1) is 22.5 Å². The molecule has 0 amide bonds. The van der Waals surface area contributed by atoms with Gasteiger partial charge in [-0.15, -0.1) is 0 Å². The Hall–Kier alpha value is -6.10. The van der Waals surface area contributed by atoms with Crippen molar-refractivity contribution in [1.29, 1.82) is 0 Å². The summed E-state index contributed by atoms with van der Waals surface area (Å²) in [5, 5.41) is 0. The first-order chi connectivity index (χ1) is 24.8. The highest BCUT2D eigenvalue weighted by Crippen LogP contribution is 2.62. The van der Waals surface area contributed by atoms with E-state index in [1.54, 1.807) is 0 Å². The third-order valence-corrected chi connectivity index (χ3v) is 11.2. The number of aromatic nitrogens is 3. The largest absolute Gasteiger partial charge is 0.255 e. The Morgan fingerprint density at radius 1 is 0.380 bits per heavy atom. The molecule has 50 heavy (non-hydrogen) atoms. The molecular formula is C46H29N3S. The Kier molecular flexibility index (Phi) is 6.64. The summed E-state index contributed by atoms with van der Waals surface area (Å²) < 4.78 is 0. The van der Waals surface area contributed by atoms with Crippen LogP contribution in [0, 0.1) is 0 Å². The molecule has 0 radical (unpaired) electrons. The fourth-order valence-corrected chi connectivity index (χ4v) is 9.17. The standard InChI is InChI=1S/C46H29N3S/c1-2-14-30(15-3-1)45-48-41(29-42(49-45)40-23-12-13-27-47-40)35-19-5-4-16-32(35)31-25-26-39-44(28-31)50-43-24-11-10-22-38(43)46(39)36-20-8-6-17-33(36)34-18-7-9-21-37(34)46/h1-29H. The molecule has 1 spiro atoms. The Bertz CT molecular complexity index is 2480. The minimum Gasteiger partial charge on any atom is -0.255 e. The normalized spacial score (nSPS) is 13.3. The van der Waals surface area contributed by atoms with Crippen LogP contribution in [0.25, 0.3) is 56.3 Å². The van der Waals surface area contributed by atoms with Crippen LogP contribution in [0.15, 0.2) is 186 Å². The Morgan fingerprint density at radius 3 is 1.72 bits per heavy atom. The lowest BCUT2D eigenvalue weighted by molar-refractivity contribution is 0.722. The molecule has 2 aliphatic rings. The predicted octanol–water partition coefficient (Wildman–Crippen LogP) is 11.4. The van der Waals surface area contributed by atoms with Crippen LogP contribution >= 0.6 is 11.8 Å². The maximum Gasteiger partial charge on any atom is 0.160 e. The summed E-state index contributed by atoms with van der Waals surface area (Å²) in [5.74, 6) is 0.677. The number of pyridine rings is 1. The third kappa shape index (κ3) is 4.35. The van der Waals surface area contributed by atoms with Crippen molar-refractivity contribution in [3.63, 3.8) is 0 Å². The SMILES string of the molecule is c1ccc(-c2nc(-c3ccccn3)cc(-c3ccccc3-c3ccc4c(c3)Sc3ccccc3C43c4ccccc4-c4ccccc43)n2)cc1. The number of benzene rings is 6. The molecule has 8 aromatic rings. The first-order valence-electron chi connectivity index (χ1n) is 16.9. The van der Waals surface area contributed by atoms with Gasteiger partial charge in [0.1, 0.15) is 0 Å². The van der Waals surface area contributed by atoms with Crippen LogP contribution in [-0.4, -0.2) is 15.0 Å². The molecule has 234 valence electrons. The number of nitrogens with zero attached hydrogens (tertiary/aromatic N) is 3. The lowest BCUT2D eigenvalue weighted by atomic mass is 9.67. The van der Waals surface area contributed by atoms with E-state index in [0.29, 0.717) is 5.82 Å². The molecule has 6 aromatic carbocycles. The van der Waals surface area contributed by atoms with Gasteiger partial charge in [-0.3, -0.25) is 4.98 Å². The number of rotatable bonds is 4. The Balaban J connectivity index is 1.18. The van der Waals surface area contributed by atoms with Gasteiger partial charge < -0.3 is 0 Å². The highest BCUT2D eigenvalue weighted by Gasteiger charge is 2.50. The maximum absolute atomic E-state index is 5.17. The van der Waals surface area contributed by atoms with E-state index in [9.17, 15) is 0 Å². The molecule has 0 fully saturated rings. The molecule has 0 bridgehead atoms. The first kappa shape index (κ1) is 28.9. The topological polar surface area (TPSA) is 38.7 Å². The van der Waals surface area contributed by atoms with Crippen molar-refractivity contribution in [2.45, 2.75) is 15.2 Å². The van der Waals surface area contributed by atoms with E-state index in [2.05, 4.69) is 138 Å². The van der Waals surface area contributed by atoms with Crippen molar-refractivity contribution in [3.8, 4) is 56.3 Å². The predicted molar refractivity (Wildman–Crippen MR) is 203 cm³/mol. The molecule has 0 saturated heterocycles. The summed E-state index contributed by atoms with van der Waals surface area (Å²) in [4.78, 5) is 17.3. The molecule has 3 heterocycles. The number of hydrogen-bond donors (Lipinski definition) is 0. The smallest absolute Gasteiger partial charge is 0.160 e. The van der Waals surface area contributed by atoms with E-state index < -0.39 is 5.41 Å². The van der Waals surface area contributed by atoms with E-state index in [1.807, 2.05) is 54.4 Å². The summed E-state index contributed by atoms with van der Waals surface area (Å²) in [6, 6.07) is 60.7. The van der Waals surface area contributed by atoms with Crippen LogP contribution in [0.5, 0.6) is 0 Å². The van der Waals surface area contributed by atoms with Crippen molar-refractivity contribution in [3.05, 3.63) is 198 Å². The zero-order chi connectivity index (χ0) is 33.1. The van der Waals surface area contributed by atoms with E-state index in [-0.39, 0.29) is 0 Å². The Morgan fingerprint density at radius 2 is 0.980 bits per heavy atom. The molecule has 0 N–H and O–H groups in total. The van der Waals surface area contributed by atoms with E-state index >= 15 is 0 Å². The second-order valence-corrected chi connectivity index (χ2v) is 13.8. The second kappa shape index (κ2) is 11.5. The summed E-state index contributed by atoms with van der Waals surface area (Å²) in [5.41, 5.74) is 14.4. The minimum atomic E-state index is -0.392. The monoisotopic (exact) mass is 655 g/mol. The van der Waals surface area contributed by atoms with Crippen LogP contribution in [0.4, 0.5) is 0 Å². The van der Waals surface area contributed by atoms with E-state index in [4.69, 9.17) is 9.97 Å². The van der Waals surface area contributed by atoms with Crippen molar-refractivity contribution in [2.75, 3.05) is 0 Å². The van der Waals surface area contributed by atoms with Crippen LogP contribution in [0.1, 0.15) is 22.3 Å². The molecule has 0 atom stereocenters. The van der Waals surface area contributed by atoms with E-state index in [0.717, 1.165) is 39.3 Å². The molecule has 0 unspecified atom stereocenters. The van der Waals surface area contributed by atoms with Gasteiger partial charge in [0.2, 0.25) is 0 Å². The number of fused-ring (bicyclic) bond motifs is 9. The van der Waals surface area contributed by atoms with E-state index in [1.165, 1.54) is 43.2 Å². The van der Waals surface area contributed by atoms with Gasteiger partial charge in [-0.2, -0.15) is 0 Å². The molecule has 1 aliphatic carbocycles. The zero-order valence-corrected chi connectivity index (χ0v) is 27.8. The molecule has 3 nitrogen and oxygen atoms in total. The van der Waals surface area contributed by atoms with Gasteiger partial charge in [0.15, 0.2) is 5.82 Å². The van der Waals surface area contributed by atoms with Crippen molar-refractivity contribution in [2.24, 2.45) is 0 Å². The van der Waals surface area contributed by atoms with Crippen molar-refractivity contribution in [1.82, 2.24) is 15.0 Å². The first-order valence-corrected chi connectivity index (χ1v) is 17.7. The average molecular weight is 656 g/mol. The summed E-state index contributed by atoms with van der Waals surface area (Å²) >= 11 is 1.87. The molecule has 1 aliphatic heterocycles. The van der Waals surface area contributed by atoms with Crippen LogP contribution < -0.4 is 0 Å². The zero-order valence-electron chi connectivity index (χ0n) is 27.0. The van der Waals surface area contributed by atoms with Gasteiger partial charge in [-0.25, -0.2) is 9.97 Å². The third-order valence-electron chi connectivity index (χ3n) is 10.0. The summed E-state index contributed by atoms with van der Waals surface area (Å²) in [7, 11) is 0. The highest BCUT2D eigenvalue weighted by atomic mass is 32.2. The molecule has 2 aromatic heterocycles. The van der Waals surface area contributed by atoms with Gasteiger partial charge in [0.25, 0.3) is 0 Å². The van der Waals surface area contributed by atoms with Gasteiger partial charge in [0, 0.05) is 27.1 Å². The second-order valence-electron chi connectivity index (χ2n) is 12.7. The summed E-state index contributed by atoms with van der Waals surface area (Å²) in [6.07, 6.45) is 1.81. The fourth-order valence-electron chi connectivity index (χ4n) is 7.93. The molecular weight excluding hydrogens is 627 g/mol. The lowest BCUT2D eigenvalue weighted by Crippen LogP contribution is -2.31. The average Bonchev–Trinajstić information content (AvgIpc) is 3.49.